The molecule has 2 fully saturated rings. The molecule has 1 heterocycles. The van der Waals surface area contributed by atoms with Crippen molar-refractivity contribution >= 4 is 23.5 Å². The Morgan fingerprint density at radius 3 is 1.91 bits per heavy atom. The van der Waals surface area contributed by atoms with Crippen LogP contribution >= 0.6 is 23.5 Å². The van der Waals surface area contributed by atoms with Gasteiger partial charge in [-0.25, -0.2) is 4.39 Å². The molecular weight excluding hydrogens is 467 g/mol. The molecule has 0 spiro atoms. The highest BCUT2D eigenvalue weighted by Gasteiger charge is 2.24. The molecule has 0 radical (unpaired) electrons. The summed E-state index contributed by atoms with van der Waals surface area (Å²) < 4.78 is 15.7. The number of hydrogen-bond donors (Lipinski definition) is 0. The molecule has 4 rings (SSSR count). The van der Waals surface area contributed by atoms with E-state index in [2.05, 4.69) is 67.7 Å². The van der Waals surface area contributed by atoms with E-state index in [1.807, 2.05) is 12.1 Å². The maximum Gasteiger partial charge on any atom is 0.131 e. The average molecular weight is 513 g/mol. The van der Waals surface area contributed by atoms with Gasteiger partial charge in [0.15, 0.2) is 0 Å². The zero-order chi connectivity index (χ0) is 24.5. The van der Waals surface area contributed by atoms with E-state index in [9.17, 15) is 0 Å². The lowest BCUT2D eigenvalue weighted by Crippen LogP contribution is -2.14. The predicted molar refractivity (Wildman–Crippen MR) is 156 cm³/mol. The summed E-state index contributed by atoms with van der Waals surface area (Å²) in [5.74, 6) is 4.80. The van der Waals surface area contributed by atoms with Gasteiger partial charge in [-0.15, -0.1) is 23.5 Å². The zero-order valence-electron chi connectivity index (χ0n) is 21.9. The highest BCUT2D eigenvalue weighted by atomic mass is 32.2. The number of thioether (sulfide) groups is 2. The summed E-state index contributed by atoms with van der Waals surface area (Å²) in [6, 6.07) is 14.8. The summed E-state index contributed by atoms with van der Waals surface area (Å²) in [5.41, 5.74) is 4.33. The van der Waals surface area contributed by atoms with E-state index in [1.54, 1.807) is 0 Å². The Bertz CT molecular complexity index is 877. The Kier molecular flexibility index (Phi) is 10.9. The molecule has 3 heteroatoms. The first-order chi connectivity index (χ1) is 17.2. The summed E-state index contributed by atoms with van der Waals surface area (Å²) in [6.45, 7) is 4.56. The van der Waals surface area contributed by atoms with Crippen LogP contribution in [0.4, 0.5) is 4.39 Å². The Morgan fingerprint density at radius 2 is 1.31 bits per heavy atom. The largest absolute Gasteiger partial charge is 0.206 e. The molecule has 2 aromatic carbocycles. The molecule has 192 valence electrons. The summed E-state index contributed by atoms with van der Waals surface area (Å²) >= 11 is 4.20. The van der Waals surface area contributed by atoms with Crippen LogP contribution in [0.25, 0.3) is 11.1 Å². The van der Waals surface area contributed by atoms with Gasteiger partial charge < -0.3 is 0 Å². The van der Waals surface area contributed by atoms with E-state index >= 15 is 4.39 Å². The van der Waals surface area contributed by atoms with E-state index in [-0.39, 0.29) is 5.82 Å². The molecule has 1 aliphatic heterocycles. The average Bonchev–Trinajstić information content (AvgIpc) is 2.90. The molecule has 0 nitrogen and oxygen atoms in total. The molecular formula is C32H45FS2. The topological polar surface area (TPSA) is 0 Å². The molecule has 0 amide bonds. The third-order valence-corrected chi connectivity index (χ3v) is 11.5. The minimum Gasteiger partial charge on any atom is -0.206 e. The van der Waals surface area contributed by atoms with Gasteiger partial charge in [-0.05, 0) is 84.1 Å². The van der Waals surface area contributed by atoms with Crippen LogP contribution in [0, 0.1) is 17.7 Å². The third kappa shape index (κ3) is 7.78. The Morgan fingerprint density at radius 1 is 0.714 bits per heavy atom. The minimum atomic E-state index is -0.0587. The molecule has 0 N–H and O–H groups in total. The molecule has 0 unspecified atom stereocenters. The number of benzene rings is 2. The normalized spacial score (nSPS) is 25.0. The first-order valence-corrected chi connectivity index (χ1v) is 16.4. The van der Waals surface area contributed by atoms with Crippen LogP contribution in [0.3, 0.4) is 0 Å². The van der Waals surface area contributed by atoms with Crippen LogP contribution in [0.5, 0.6) is 0 Å². The maximum absolute atomic E-state index is 15.2. The van der Waals surface area contributed by atoms with Crippen molar-refractivity contribution in [1.29, 1.82) is 0 Å². The fourth-order valence-electron chi connectivity index (χ4n) is 5.89. The Balaban J connectivity index is 1.30. The van der Waals surface area contributed by atoms with Gasteiger partial charge in [0.2, 0.25) is 0 Å². The van der Waals surface area contributed by atoms with Gasteiger partial charge in [0.05, 0.1) is 4.58 Å². The quantitative estimate of drug-likeness (QED) is 0.275. The lowest BCUT2D eigenvalue weighted by molar-refractivity contribution is 0.302. The Labute approximate surface area is 222 Å². The van der Waals surface area contributed by atoms with Gasteiger partial charge in [-0.3, -0.25) is 0 Å². The first-order valence-electron chi connectivity index (χ1n) is 14.3. The minimum absolute atomic E-state index is 0.0587. The fraction of sp³-hybridized carbons (Fsp3) is 0.625. The summed E-state index contributed by atoms with van der Waals surface area (Å²) in [4.78, 5) is 0. The van der Waals surface area contributed by atoms with Gasteiger partial charge in [0.1, 0.15) is 5.82 Å². The van der Waals surface area contributed by atoms with Crippen molar-refractivity contribution in [3.8, 4) is 11.1 Å². The summed E-state index contributed by atoms with van der Waals surface area (Å²) in [5, 5.41) is 0. The molecule has 0 bridgehead atoms. The van der Waals surface area contributed by atoms with E-state index < -0.39 is 0 Å². The first kappa shape index (κ1) is 27.1. The van der Waals surface area contributed by atoms with Crippen LogP contribution in [0.2, 0.25) is 0 Å². The smallest absolute Gasteiger partial charge is 0.131 e. The monoisotopic (exact) mass is 512 g/mol. The van der Waals surface area contributed by atoms with E-state index in [0.29, 0.717) is 10.5 Å². The van der Waals surface area contributed by atoms with Crippen molar-refractivity contribution in [3.05, 3.63) is 59.4 Å². The summed E-state index contributed by atoms with van der Waals surface area (Å²) in [6.07, 6.45) is 16.0. The molecule has 1 saturated carbocycles. The second-order valence-electron chi connectivity index (χ2n) is 10.9. The van der Waals surface area contributed by atoms with Crippen LogP contribution in [0.15, 0.2) is 42.5 Å². The zero-order valence-corrected chi connectivity index (χ0v) is 23.6. The molecule has 35 heavy (non-hydrogen) atoms. The van der Waals surface area contributed by atoms with Crippen LogP contribution < -0.4 is 0 Å². The number of hydrogen-bond acceptors (Lipinski definition) is 2. The van der Waals surface area contributed by atoms with Gasteiger partial charge >= 0.3 is 0 Å². The number of halogens is 1. The van der Waals surface area contributed by atoms with E-state index in [0.717, 1.165) is 23.0 Å². The standard InChI is InChI=1S/C32H45FS2/c1-3-5-7-9-24-11-13-26(14-12-24)29-19-20-30(31(33)21-29)27-15-17-28(18-16-27)32-34-22-25(23-35-32)10-8-6-4-2/h15-21,24-26,32H,3-14,22-23H2,1-2H3. The van der Waals surface area contributed by atoms with Gasteiger partial charge in [-0.1, -0.05) is 95.2 Å². The van der Waals surface area contributed by atoms with Crippen molar-refractivity contribution in [2.45, 2.75) is 101 Å². The summed E-state index contributed by atoms with van der Waals surface area (Å²) in [7, 11) is 0. The third-order valence-electron chi connectivity index (χ3n) is 8.20. The lowest BCUT2D eigenvalue weighted by Gasteiger charge is -2.29. The van der Waals surface area contributed by atoms with Crippen LogP contribution in [-0.2, 0) is 0 Å². The fourth-order valence-corrected chi connectivity index (χ4v) is 9.06. The van der Waals surface area contributed by atoms with Crippen molar-refractivity contribution in [3.63, 3.8) is 0 Å². The molecule has 1 saturated heterocycles. The molecule has 2 aromatic rings. The highest BCUT2D eigenvalue weighted by molar-refractivity contribution is 8.16. The Hall–Kier alpha value is -0.930. The van der Waals surface area contributed by atoms with Gasteiger partial charge in [-0.2, -0.15) is 0 Å². The second kappa shape index (κ2) is 14.1. The van der Waals surface area contributed by atoms with Gasteiger partial charge in [0.25, 0.3) is 0 Å². The van der Waals surface area contributed by atoms with Crippen LogP contribution in [0.1, 0.15) is 113 Å². The van der Waals surface area contributed by atoms with Gasteiger partial charge in [0, 0.05) is 5.56 Å². The number of unbranched alkanes of at least 4 members (excludes halogenated alkanes) is 4. The van der Waals surface area contributed by atoms with E-state index in [1.165, 1.54) is 99.7 Å². The molecule has 0 atom stereocenters. The van der Waals surface area contributed by atoms with Crippen molar-refractivity contribution in [2.75, 3.05) is 11.5 Å². The SMILES string of the molecule is CCCCCC1CCC(c2ccc(-c3ccc(C4SCC(CCCCC)CS4)cc3)c(F)c2)CC1. The van der Waals surface area contributed by atoms with Crippen molar-refractivity contribution in [2.24, 2.45) is 11.8 Å². The predicted octanol–water partition coefficient (Wildman–Crippen LogP) is 11.0. The number of rotatable bonds is 11. The maximum atomic E-state index is 15.2. The van der Waals surface area contributed by atoms with Crippen molar-refractivity contribution < 1.29 is 4.39 Å². The molecule has 0 aromatic heterocycles. The molecule has 1 aliphatic carbocycles. The second-order valence-corrected chi connectivity index (χ2v) is 13.5. The molecule has 2 aliphatic rings. The highest BCUT2D eigenvalue weighted by Crippen LogP contribution is 2.47. The van der Waals surface area contributed by atoms with Crippen LogP contribution in [-0.4, -0.2) is 11.5 Å². The van der Waals surface area contributed by atoms with Crippen molar-refractivity contribution in [1.82, 2.24) is 0 Å². The van der Waals surface area contributed by atoms with E-state index in [4.69, 9.17) is 0 Å². The lowest BCUT2D eigenvalue weighted by atomic mass is 9.77.